The highest BCUT2D eigenvalue weighted by molar-refractivity contribution is 5.94. The first-order valence-corrected chi connectivity index (χ1v) is 9.57. The second-order valence-electron chi connectivity index (χ2n) is 7.12. The molecule has 1 amide bonds. The summed E-state index contributed by atoms with van der Waals surface area (Å²) in [4.78, 5) is 34.2. The Labute approximate surface area is 165 Å². The van der Waals surface area contributed by atoms with Crippen molar-refractivity contribution in [2.45, 2.75) is 33.3 Å². The maximum absolute atomic E-state index is 12.4. The van der Waals surface area contributed by atoms with Crippen LogP contribution in [0.2, 0.25) is 0 Å². The van der Waals surface area contributed by atoms with Gasteiger partial charge in [-0.1, -0.05) is 30.3 Å². The van der Waals surface area contributed by atoms with Gasteiger partial charge in [0.1, 0.15) is 6.61 Å². The maximum Gasteiger partial charge on any atom is 0.410 e. The lowest BCUT2D eigenvalue weighted by Crippen LogP contribution is -2.42. The second-order valence-corrected chi connectivity index (χ2v) is 7.12. The van der Waals surface area contributed by atoms with E-state index in [0.29, 0.717) is 42.8 Å². The van der Waals surface area contributed by atoms with E-state index in [1.165, 1.54) is 6.92 Å². The van der Waals surface area contributed by atoms with Crippen molar-refractivity contribution >= 4 is 17.8 Å². The van der Waals surface area contributed by atoms with Crippen molar-refractivity contribution in [3.63, 3.8) is 0 Å². The molecule has 1 fully saturated rings. The minimum absolute atomic E-state index is 0.0408. The fourth-order valence-corrected chi connectivity index (χ4v) is 3.34. The average molecular weight is 382 g/mol. The number of amides is 1. The number of benzene rings is 1. The monoisotopic (exact) mass is 382 g/mol. The number of nitrogens with zero attached hydrogens (tertiary/aromatic N) is 3. The molecule has 0 bridgehead atoms. The number of aryl methyl sites for hydroxylation is 1. The van der Waals surface area contributed by atoms with E-state index in [4.69, 9.17) is 4.74 Å². The van der Waals surface area contributed by atoms with E-state index in [1.54, 1.807) is 18.0 Å². The van der Waals surface area contributed by atoms with Crippen LogP contribution in [0.4, 0.5) is 10.7 Å². The largest absolute Gasteiger partial charge is 0.445 e. The van der Waals surface area contributed by atoms with Crippen molar-refractivity contribution in [3.05, 3.63) is 53.3 Å². The zero-order valence-electron chi connectivity index (χ0n) is 16.4. The highest BCUT2D eigenvalue weighted by atomic mass is 16.6. The lowest BCUT2D eigenvalue weighted by molar-refractivity contribution is 0.0804. The third-order valence-corrected chi connectivity index (χ3v) is 4.89. The summed E-state index contributed by atoms with van der Waals surface area (Å²) in [5.74, 6) is 0.765. The summed E-state index contributed by atoms with van der Waals surface area (Å²) in [7, 11) is 0. The first-order valence-electron chi connectivity index (χ1n) is 9.57. The fourth-order valence-electron chi connectivity index (χ4n) is 3.34. The molecular formula is C21H26N4O3. The van der Waals surface area contributed by atoms with Crippen molar-refractivity contribution in [3.8, 4) is 0 Å². The van der Waals surface area contributed by atoms with Gasteiger partial charge < -0.3 is 15.0 Å². The van der Waals surface area contributed by atoms with Gasteiger partial charge in [0.2, 0.25) is 5.95 Å². The summed E-state index contributed by atoms with van der Waals surface area (Å²) in [6.07, 6.45) is 3.25. The molecule has 7 nitrogen and oxygen atoms in total. The van der Waals surface area contributed by atoms with Crippen LogP contribution in [-0.2, 0) is 11.3 Å². The van der Waals surface area contributed by atoms with Crippen molar-refractivity contribution in [1.29, 1.82) is 0 Å². The normalized spacial score (nSPS) is 16.5. The molecule has 0 spiro atoms. The zero-order valence-corrected chi connectivity index (χ0v) is 16.4. The van der Waals surface area contributed by atoms with Gasteiger partial charge in [-0.25, -0.2) is 14.8 Å². The van der Waals surface area contributed by atoms with Gasteiger partial charge in [0.15, 0.2) is 5.78 Å². The average Bonchev–Trinajstić information content (AvgIpc) is 2.71. The van der Waals surface area contributed by atoms with Crippen LogP contribution in [0.1, 0.15) is 41.4 Å². The number of ketones is 1. The first kappa shape index (κ1) is 19.8. The van der Waals surface area contributed by atoms with Gasteiger partial charge in [-0.2, -0.15) is 0 Å². The Morgan fingerprint density at radius 2 is 2.07 bits per heavy atom. The van der Waals surface area contributed by atoms with Crippen molar-refractivity contribution in [2.24, 2.45) is 5.92 Å². The van der Waals surface area contributed by atoms with Gasteiger partial charge in [-0.05, 0) is 38.2 Å². The number of aromatic nitrogens is 2. The summed E-state index contributed by atoms with van der Waals surface area (Å²) in [6.45, 7) is 5.62. The molecule has 1 saturated heterocycles. The molecular weight excluding hydrogens is 356 g/mol. The number of nitrogens with one attached hydrogen (secondary N) is 1. The number of hydrogen-bond donors (Lipinski definition) is 1. The van der Waals surface area contributed by atoms with Crippen LogP contribution in [-0.4, -0.2) is 46.4 Å². The molecule has 0 aliphatic carbocycles. The number of anilines is 1. The van der Waals surface area contributed by atoms with E-state index in [0.717, 1.165) is 18.4 Å². The Hall–Kier alpha value is -2.96. The van der Waals surface area contributed by atoms with Gasteiger partial charge in [-0.15, -0.1) is 0 Å². The standard InChI is InChI=1S/C21H26N4O3/c1-15-19(16(2)26)12-23-20(24-15)22-11-18-9-6-10-25(13-18)21(27)28-14-17-7-4-3-5-8-17/h3-5,7-8,12,18H,6,9-11,13-14H2,1-2H3,(H,22,23,24)/t18-/m0/s1. The Balaban J connectivity index is 1.48. The predicted molar refractivity (Wildman–Crippen MR) is 106 cm³/mol. The van der Waals surface area contributed by atoms with Crippen LogP contribution >= 0.6 is 0 Å². The minimum atomic E-state index is -0.272. The molecule has 1 aliphatic rings. The van der Waals surface area contributed by atoms with Crippen LogP contribution in [0.25, 0.3) is 0 Å². The second kappa shape index (κ2) is 9.30. The molecule has 1 atom stereocenters. The molecule has 28 heavy (non-hydrogen) atoms. The Kier molecular flexibility index (Phi) is 6.57. The number of carbonyl (C=O) groups is 2. The molecule has 148 valence electrons. The van der Waals surface area contributed by atoms with E-state index in [-0.39, 0.29) is 18.5 Å². The number of hydrogen-bond acceptors (Lipinski definition) is 6. The van der Waals surface area contributed by atoms with E-state index in [1.807, 2.05) is 30.3 Å². The Morgan fingerprint density at radius 1 is 1.29 bits per heavy atom. The first-order chi connectivity index (χ1) is 13.5. The zero-order chi connectivity index (χ0) is 19.9. The van der Waals surface area contributed by atoms with Crippen molar-refractivity contribution in [2.75, 3.05) is 25.0 Å². The van der Waals surface area contributed by atoms with Crippen LogP contribution in [0.5, 0.6) is 0 Å². The maximum atomic E-state index is 12.4. The van der Waals surface area contributed by atoms with E-state index in [9.17, 15) is 9.59 Å². The van der Waals surface area contributed by atoms with Crippen LogP contribution in [0.15, 0.2) is 36.5 Å². The summed E-state index contributed by atoms with van der Waals surface area (Å²) in [5.41, 5.74) is 2.18. The molecule has 2 aromatic rings. The Morgan fingerprint density at radius 3 is 2.79 bits per heavy atom. The number of carbonyl (C=O) groups excluding carboxylic acids is 2. The van der Waals surface area contributed by atoms with Crippen molar-refractivity contribution < 1.29 is 14.3 Å². The highest BCUT2D eigenvalue weighted by Crippen LogP contribution is 2.18. The third kappa shape index (κ3) is 5.28. The molecule has 0 radical (unpaired) electrons. The molecule has 1 N–H and O–H groups in total. The molecule has 7 heteroatoms. The molecule has 3 rings (SSSR count). The highest BCUT2D eigenvalue weighted by Gasteiger charge is 2.24. The molecule has 0 unspecified atom stereocenters. The van der Waals surface area contributed by atoms with E-state index >= 15 is 0 Å². The van der Waals surface area contributed by atoms with Crippen LogP contribution in [0.3, 0.4) is 0 Å². The molecule has 0 saturated carbocycles. The van der Waals surface area contributed by atoms with Crippen LogP contribution in [0, 0.1) is 12.8 Å². The van der Waals surface area contributed by atoms with Crippen molar-refractivity contribution in [1.82, 2.24) is 14.9 Å². The Bertz CT molecular complexity index is 826. The number of ether oxygens (including phenoxy) is 1. The van der Waals surface area contributed by atoms with Gasteiger partial charge in [-0.3, -0.25) is 4.79 Å². The lowest BCUT2D eigenvalue weighted by atomic mass is 9.98. The summed E-state index contributed by atoms with van der Waals surface area (Å²) in [6, 6.07) is 9.68. The van der Waals surface area contributed by atoms with Gasteiger partial charge in [0.05, 0.1) is 11.3 Å². The number of likely N-dealkylation sites (tertiary alicyclic amines) is 1. The summed E-state index contributed by atoms with van der Waals surface area (Å²) < 4.78 is 5.44. The SMILES string of the molecule is CC(=O)c1cnc(NC[C@@H]2CCCN(C(=O)OCc3ccccc3)C2)nc1C. The number of Topliss-reactive ketones (excluding diaryl/α,β-unsaturated/α-hetero) is 1. The molecule has 1 aromatic heterocycles. The summed E-state index contributed by atoms with van der Waals surface area (Å²) in [5, 5.41) is 3.23. The number of piperidine rings is 1. The minimum Gasteiger partial charge on any atom is -0.445 e. The smallest absolute Gasteiger partial charge is 0.410 e. The molecule has 2 heterocycles. The molecule has 1 aliphatic heterocycles. The summed E-state index contributed by atoms with van der Waals surface area (Å²) >= 11 is 0. The topological polar surface area (TPSA) is 84.4 Å². The third-order valence-electron chi connectivity index (χ3n) is 4.89. The fraction of sp³-hybridized carbons (Fsp3) is 0.429. The number of rotatable bonds is 6. The van der Waals surface area contributed by atoms with E-state index in [2.05, 4.69) is 15.3 Å². The van der Waals surface area contributed by atoms with Gasteiger partial charge >= 0.3 is 6.09 Å². The quantitative estimate of drug-likeness (QED) is 0.771. The van der Waals surface area contributed by atoms with Gasteiger partial charge in [0, 0.05) is 25.8 Å². The lowest BCUT2D eigenvalue weighted by Gasteiger charge is -2.32. The predicted octanol–water partition coefficient (Wildman–Crippen LogP) is 3.45. The van der Waals surface area contributed by atoms with Gasteiger partial charge in [0.25, 0.3) is 0 Å². The van der Waals surface area contributed by atoms with E-state index < -0.39 is 0 Å². The molecule has 1 aromatic carbocycles. The van der Waals surface area contributed by atoms with Crippen LogP contribution < -0.4 is 5.32 Å².